The molecule has 0 aromatic carbocycles. The molecule has 0 atom stereocenters. The standard InChI is InChI=1S/C9H12N2.C2H6/c1-6-3-8-4-10-5-9(8)11-7(6)2;1-2/h3,10H,4-5H2,1-2H3;1-2H3. The maximum Gasteiger partial charge on any atom is 0.0590 e. The van der Waals surface area contributed by atoms with Gasteiger partial charge in [0.2, 0.25) is 0 Å². The van der Waals surface area contributed by atoms with Crippen molar-refractivity contribution < 1.29 is 0 Å². The molecule has 2 heteroatoms. The van der Waals surface area contributed by atoms with Gasteiger partial charge in [-0.25, -0.2) is 0 Å². The van der Waals surface area contributed by atoms with Gasteiger partial charge in [0, 0.05) is 18.8 Å². The van der Waals surface area contributed by atoms with E-state index in [9.17, 15) is 0 Å². The fourth-order valence-corrected chi connectivity index (χ4v) is 1.43. The summed E-state index contributed by atoms with van der Waals surface area (Å²) in [5.74, 6) is 0. The van der Waals surface area contributed by atoms with E-state index in [0.717, 1.165) is 18.8 Å². The first-order chi connectivity index (χ1) is 6.27. The molecule has 0 fully saturated rings. The average Bonchev–Trinajstić information content (AvgIpc) is 2.56. The molecule has 2 heterocycles. The molecule has 0 spiro atoms. The molecule has 0 radical (unpaired) electrons. The van der Waals surface area contributed by atoms with E-state index in [2.05, 4.69) is 30.2 Å². The molecule has 1 aromatic rings. The van der Waals surface area contributed by atoms with Gasteiger partial charge in [0.05, 0.1) is 5.69 Å². The second kappa shape index (κ2) is 4.38. The molecule has 1 aliphatic heterocycles. The summed E-state index contributed by atoms with van der Waals surface area (Å²) >= 11 is 0. The summed E-state index contributed by atoms with van der Waals surface area (Å²) < 4.78 is 0. The van der Waals surface area contributed by atoms with Crippen LogP contribution in [0.4, 0.5) is 0 Å². The number of rotatable bonds is 0. The minimum atomic E-state index is 0.941. The highest BCUT2D eigenvalue weighted by atomic mass is 14.9. The van der Waals surface area contributed by atoms with Crippen LogP contribution in [-0.4, -0.2) is 4.98 Å². The van der Waals surface area contributed by atoms with Crippen LogP contribution in [0, 0.1) is 13.8 Å². The van der Waals surface area contributed by atoms with Crippen molar-refractivity contribution in [3.63, 3.8) is 0 Å². The molecule has 1 N–H and O–H groups in total. The van der Waals surface area contributed by atoms with Crippen molar-refractivity contribution in [3.05, 3.63) is 28.6 Å². The van der Waals surface area contributed by atoms with Crippen molar-refractivity contribution in [1.29, 1.82) is 0 Å². The molecular formula is C11H18N2. The minimum absolute atomic E-state index is 0.941. The lowest BCUT2D eigenvalue weighted by Crippen LogP contribution is -2.00. The van der Waals surface area contributed by atoms with Crippen molar-refractivity contribution in [1.82, 2.24) is 10.3 Å². The Bertz CT molecular complexity index is 263. The molecule has 0 saturated heterocycles. The number of nitrogens with one attached hydrogen (secondary N) is 1. The van der Waals surface area contributed by atoms with Gasteiger partial charge in [0.15, 0.2) is 0 Å². The SMILES string of the molecule is CC.Cc1cc2c(nc1C)CNC2. The molecule has 0 saturated carbocycles. The number of aryl methyl sites for hydroxylation is 2. The Labute approximate surface area is 80.4 Å². The fourth-order valence-electron chi connectivity index (χ4n) is 1.43. The zero-order valence-electron chi connectivity index (χ0n) is 8.94. The minimum Gasteiger partial charge on any atom is -0.307 e. The quantitative estimate of drug-likeness (QED) is 0.659. The first-order valence-corrected chi connectivity index (χ1v) is 4.94. The predicted octanol–water partition coefficient (Wildman–Crippen LogP) is 2.33. The molecule has 0 unspecified atom stereocenters. The van der Waals surface area contributed by atoms with Crippen LogP contribution in [0.2, 0.25) is 0 Å². The Balaban J connectivity index is 0.000000396. The van der Waals surface area contributed by atoms with Crippen LogP contribution >= 0.6 is 0 Å². The van der Waals surface area contributed by atoms with Gasteiger partial charge >= 0.3 is 0 Å². The van der Waals surface area contributed by atoms with E-state index in [1.807, 2.05) is 13.8 Å². The number of pyridine rings is 1. The van der Waals surface area contributed by atoms with Gasteiger partial charge in [-0.3, -0.25) is 4.98 Å². The van der Waals surface area contributed by atoms with Crippen molar-refractivity contribution in [2.24, 2.45) is 0 Å². The van der Waals surface area contributed by atoms with Gasteiger partial charge in [-0.1, -0.05) is 19.9 Å². The highest BCUT2D eigenvalue weighted by Crippen LogP contribution is 2.16. The highest BCUT2D eigenvalue weighted by molar-refractivity contribution is 5.31. The second-order valence-corrected chi connectivity index (χ2v) is 3.10. The molecule has 2 rings (SSSR count). The average molecular weight is 178 g/mol. The van der Waals surface area contributed by atoms with E-state index >= 15 is 0 Å². The van der Waals surface area contributed by atoms with E-state index in [1.165, 1.54) is 16.8 Å². The van der Waals surface area contributed by atoms with E-state index in [4.69, 9.17) is 0 Å². The molecule has 0 bridgehead atoms. The van der Waals surface area contributed by atoms with E-state index in [1.54, 1.807) is 0 Å². The van der Waals surface area contributed by atoms with Gasteiger partial charge in [0.1, 0.15) is 0 Å². The normalized spacial score (nSPS) is 13.2. The Morgan fingerprint density at radius 2 is 1.92 bits per heavy atom. The summed E-state index contributed by atoms with van der Waals surface area (Å²) in [4.78, 5) is 4.49. The van der Waals surface area contributed by atoms with Crippen LogP contribution < -0.4 is 5.32 Å². The van der Waals surface area contributed by atoms with Crippen LogP contribution in [0.25, 0.3) is 0 Å². The van der Waals surface area contributed by atoms with E-state index < -0.39 is 0 Å². The molecule has 72 valence electrons. The molecule has 13 heavy (non-hydrogen) atoms. The monoisotopic (exact) mass is 178 g/mol. The van der Waals surface area contributed by atoms with E-state index in [0.29, 0.717) is 0 Å². The summed E-state index contributed by atoms with van der Waals surface area (Å²) in [6.07, 6.45) is 0. The fraction of sp³-hybridized carbons (Fsp3) is 0.545. The summed E-state index contributed by atoms with van der Waals surface area (Å²) in [5, 5.41) is 3.28. The second-order valence-electron chi connectivity index (χ2n) is 3.10. The van der Waals surface area contributed by atoms with Crippen LogP contribution in [0.1, 0.15) is 36.4 Å². The topological polar surface area (TPSA) is 24.9 Å². The van der Waals surface area contributed by atoms with Crippen LogP contribution in [0.15, 0.2) is 6.07 Å². The summed E-state index contributed by atoms with van der Waals surface area (Å²) in [7, 11) is 0. The lowest BCUT2D eigenvalue weighted by molar-refractivity contribution is 0.757. The number of nitrogens with zero attached hydrogens (tertiary/aromatic N) is 1. The van der Waals surface area contributed by atoms with Crippen molar-refractivity contribution in [2.45, 2.75) is 40.8 Å². The van der Waals surface area contributed by atoms with Gasteiger partial charge in [0.25, 0.3) is 0 Å². The third kappa shape index (κ3) is 2.07. The Kier molecular flexibility index (Phi) is 3.43. The largest absolute Gasteiger partial charge is 0.307 e. The Hall–Kier alpha value is -0.890. The van der Waals surface area contributed by atoms with Gasteiger partial charge < -0.3 is 5.32 Å². The lowest BCUT2D eigenvalue weighted by atomic mass is 10.1. The molecule has 1 aliphatic rings. The zero-order chi connectivity index (χ0) is 9.84. The maximum atomic E-state index is 4.49. The van der Waals surface area contributed by atoms with Crippen molar-refractivity contribution in [3.8, 4) is 0 Å². The van der Waals surface area contributed by atoms with Gasteiger partial charge in [-0.2, -0.15) is 0 Å². The molecule has 0 aliphatic carbocycles. The lowest BCUT2D eigenvalue weighted by Gasteiger charge is -2.01. The van der Waals surface area contributed by atoms with E-state index in [-0.39, 0.29) is 0 Å². The number of hydrogen-bond acceptors (Lipinski definition) is 2. The zero-order valence-corrected chi connectivity index (χ0v) is 8.94. The third-order valence-electron chi connectivity index (χ3n) is 2.24. The Morgan fingerprint density at radius 3 is 2.62 bits per heavy atom. The molecule has 0 amide bonds. The Morgan fingerprint density at radius 1 is 1.23 bits per heavy atom. The number of fused-ring (bicyclic) bond motifs is 1. The number of hydrogen-bond donors (Lipinski definition) is 1. The van der Waals surface area contributed by atoms with Crippen molar-refractivity contribution >= 4 is 0 Å². The van der Waals surface area contributed by atoms with Crippen LogP contribution in [0.5, 0.6) is 0 Å². The van der Waals surface area contributed by atoms with Gasteiger partial charge in [-0.15, -0.1) is 0 Å². The maximum absolute atomic E-state index is 4.49. The first-order valence-electron chi connectivity index (χ1n) is 4.94. The highest BCUT2D eigenvalue weighted by Gasteiger charge is 2.11. The van der Waals surface area contributed by atoms with Crippen LogP contribution in [0.3, 0.4) is 0 Å². The summed E-state index contributed by atoms with van der Waals surface area (Å²) in [5.41, 5.74) is 5.06. The van der Waals surface area contributed by atoms with Gasteiger partial charge in [-0.05, 0) is 25.0 Å². The summed E-state index contributed by atoms with van der Waals surface area (Å²) in [6.45, 7) is 10.1. The molecular weight excluding hydrogens is 160 g/mol. The van der Waals surface area contributed by atoms with Crippen LogP contribution in [-0.2, 0) is 13.1 Å². The van der Waals surface area contributed by atoms with Crippen molar-refractivity contribution in [2.75, 3.05) is 0 Å². The molecule has 1 aromatic heterocycles. The predicted molar refractivity (Wildman–Crippen MR) is 55.6 cm³/mol. The first kappa shape index (κ1) is 10.2. The summed E-state index contributed by atoms with van der Waals surface area (Å²) in [6, 6.07) is 2.23. The molecule has 2 nitrogen and oxygen atoms in total. The smallest absolute Gasteiger partial charge is 0.0590 e. The number of aromatic nitrogens is 1. The third-order valence-corrected chi connectivity index (χ3v) is 2.24.